The Kier molecular flexibility index (Phi) is 3.43. The van der Waals surface area contributed by atoms with Crippen molar-refractivity contribution in [2.75, 3.05) is 0 Å². The van der Waals surface area contributed by atoms with Crippen LogP contribution in [-0.4, -0.2) is 0 Å². The zero-order valence-corrected chi connectivity index (χ0v) is 12.4. The van der Waals surface area contributed by atoms with Crippen molar-refractivity contribution in [3.8, 4) is 0 Å². The summed E-state index contributed by atoms with van der Waals surface area (Å²) in [6.45, 7) is 8.84. The molecule has 0 amide bonds. The molecule has 17 heavy (non-hydrogen) atoms. The quantitative estimate of drug-likeness (QED) is 0.852. The smallest absolute Gasteiger partial charge is 0.0740 e. The molecule has 0 radical (unpaired) electrons. The molecule has 0 aliphatic rings. The van der Waals surface area contributed by atoms with Gasteiger partial charge < -0.3 is 5.73 Å². The van der Waals surface area contributed by atoms with E-state index in [0.29, 0.717) is 0 Å². The first-order chi connectivity index (χ1) is 7.88. The molecule has 2 rings (SSSR count). The average molecular weight is 265 g/mol. The van der Waals surface area contributed by atoms with Gasteiger partial charge in [0.15, 0.2) is 0 Å². The lowest BCUT2D eigenvalue weighted by atomic mass is 9.95. The molecular formula is C14H19NS2. The fourth-order valence-electron chi connectivity index (χ4n) is 1.68. The molecule has 2 aromatic rings. The molecule has 0 aliphatic heterocycles. The molecule has 0 spiro atoms. The molecule has 1 atom stereocenters. The molecule has 0 saturated heterocycles. The van der Waals surface area contributed by atoms with Gasteiger partial charge in [0.1, 0.15) is 0 Å². The Morgan fingerprint density at radius 2 is 1.59 bits per heavy atom. The first-order valence-corrected chi connectivity index (χ1v) is 7.43. The maximum Gasteiger partial charge on any atom is 0.0740 e. The summed E-state index contributed by atoms with van der Waals surface area (Å²) in [5, 5.41) is 0. The SMILES string of the molecule is Cc1ccc(C(N)c2ccc(C(C)(C)C)s2)s1. The highest BCUT2D eigenvalue weighted by molar-refractivity contribution is 7.13. The van der Waals surface area contributed by atoms with Crippen molar-refractivity contribution in [1.82, 2.24) is 0 Å². The van der Waals surface area contributed by atoms with Crippen LogP contribution in [0.3, 0.4) is 0 Å². The minimum absolute atomic E-state index is 0.0369. The Hall–Kier alpha value is -0.640. The fraction of sp³-hybridized carbons (Fsp3) is 0.429. The minimum atomic E-state index is 0.0369. The van der Waals surface area contributed by atoms with Crippen LogP contribution in [0.2, 0.25) is 0 Å². The summed E-state index contributed by atoms with van der Waals surface area (Å²) in [6.07, 6.45) is 0. The average Bonchev–Trinajstić information content (AvgIpc) is 2.83. The predicted molar refractivity (Wildman–Crippen MR) is 78.1 cm³/mol. The summed E-state index contributed by atoms with van der Waals surface area (Å²) in [5.41, 5.74) is 6.52. The Balaban J connectivity index is 2.26. The van der Waals surface area contributed by atoms with Gasteiger partial charge in [0.2, 0.25) is 0 Å². The van der Waals surface area contributed by atoms with E-state index in [-0.39, 0.29) is 11.5 Å². The summed E-state index contributed by atoms with van der Waals surface area (Å²) in [7, 11) is 0. The molecule has 3 heteroatoms. The van der Waals surface area contributed by atoms with Crippen LogP contribution in [0.1, 0.15) is 46.3 Å². The van der Waals surface area contributed by atoms with E-state index in [1.54, 1.807) is 11.3 Å². The Morgan fingerprint density at radius 1 is 1.00 bits per heavy atom. The topological polar surface area (TPSA) is 26.0 Å². The second kappa shape index (κ2) is 4.56. The second-order valence-corrected chi connectivity index (χ2v) is 7.81. The first kappa shape index (κ1) is 12.8. The standard InChI is InChI=1S/C14H19NS2/c1-9-5-6-10(16-9)13(15)11-7-8-12(17-11)14(2,3)4/h5-8,13H,15H2,1-4H3. The second-order valence-electron chi connectivity index (χ2n) is 5.38. The van der Waals surface area contributed by atoms with E-state index in [4.69, 9.17) is 5.73 Å². The Morgan fingerprint density at radius 3 is 2.06 bits per heavy atom. The van der Waals surface area contributed by atoms with Gasteiger partial charge in [0.25, 0.3) is 0 Å². The van der Waals surface area contributed by atoms with Crippen molar-refractivity contribution in [2.24, 2.45) is 5.73 Å². The predicted octanol–water partition coefficient (Wildman–Crippen LogP) is 4.46. The van der Waals surface area contributed by atoms with Gasteiger partial charge in [0.05, 0.1) is 6.04 Å². The van der Waals surface area contributed by atoms with Gasteiger partial charge in [-0.1, -0.05) is 20.8 Å². The van der Waals surface area contributed by atoms with Crippen molar-refractivity contribution in [3.63, 3.8) is 0 Å². The normalized spacial score (nSPS) is 13.9. The molecule has 2 heterocycles. The van der Waals surface area contributed by atoms with Crippen LogP contribution >= 0.6 is 22.7 Å². The molecule has 0 saturated carbocycles. The number of aryl methyl sites for hydroxylation is 1. The van der Waals surface area contributed by atoms with Crippen molar-refractivity contribution in [1.29, 1.82) is 0 Å². The van der Waals surface area contributed by atoms with Gasteiger partial charge in [-0.25, -0.2) is 0 Å². The molecule has 1 nitrogen and oxygen atoms in total. The van der Waals surface area contributed by atoms with Crippen molar-refractivity contribution in [3.05, 3.63) is 43.8 Å². The zero-order valence-electron chi connectivity index (χ0n) is 10.8. The molecule has 0 fully saturated rings. The molecule has 0 aliphatic carbocycles. The first-order valence-electron chi connectivity index (χ1n) is 5.80. The van der Waals surface area contributed by atoms with Gasteiger partial charge in [-0.2, -0.15) is 0 Å². The molecular weight excluding hydrogens is 246 g/mol. The van der Waals surface area contributed by atoms with Crippen molar-refractivity contribution in [2.45, 2.75) is 39.2 Å². The lowest BCUT2D eigenvalue weighted by molar-refractivity contribution is 0.604. The van der Waals surface area contributed by atoms with E-state index in [9.17, 15) is 0 Å². The van der Waals surface area contributed by atoms with Crippen LogP contribution in [0.25, 0.3) is 0 Å². The largest absolute Gasteiger partial charge is 0.319 e. The molecule has 1 unspecified atom stereocenters. The van der Waals surface area contributed by atoms with E-state index in [0.717, 1.165) is 0 Å². The van der Waals surface area contributed by atoms with Crippen LogP contribution in [-0.2, 0) is 5.41 Å². The molecule has 0 bridgehead atoms. The highest BCUT2D eigenvalue weighted by Crippen LogP contribution is 2.35. The van der Waals surface area contributed by atoms with Crippen LogP contribution in [0.15, 0.2) is 24.3 Å². The summed E-state index contributed by atoms with van der Waals surface area (Å²) in [5.74, 6) is 0. The van der Waals surface area contributed by atoms with Gasteiger partial charge in [0, 0.05) is 19.5 Å². The van der Waals surface area contributed by atoms with Gasteiger partial charge in [-0.05, 0) is 36.6 Å². The van der Waals surface area contributed by atoms with E-state index in [1.165, 1.54) is 19.5 Å². The highest BCUT2D eigenvalue weighted by Gasteiger charge is 2.19. The Labute approximate surface area is 111 Å². The monoisotopic (exact) mass is 265 g/mol. The minimum Gasteiger partial charge on any atom is -0.319 e. The van der Waals surface area contributed by atoms with Crippen molar-refractivity contribution < 1.29 is 0 Å². The lowest BCUT2D eigenvalue weighted by Crippen LogP contribution is -2.09. The maximum atomic E-state index is 6.31. The van der Waals surface area contributed by atoms with E-state index < -0.39 is 0 Å². The summed E-state index contributed by atoms with van der Waals surface area (Å²) in [4.78, 5) is 5.24. The van der Waals surface area contributed by atoms with Crippen molar-refractivity contribution >= 4 is 22.7 Å². The van der Waals surface area contributed by atoms with Crippen LogP contribution in [0.5, 0.6) is 0 Å². The third kappa shape index (κ3) is 2.79. The van der Waals surface area contributed by atoms with E-state index in [1.807, 2.05) is 11.3 Å². The summed E-state index contributed by atoms with van der Waals surface area (Å²) >= 11 is 3.62. The van der Waals surface area contributed by atoms with Gasteiger partial charge in [-0.15, -0.1) is 22.7 Å². The van der Waals surface area contributed by atoms with Crippen LogP contribution < -0.4 is 5.73 Å². The Bertz CT molecular complexity index is 502. The maximum absolute atomic E-state index is 6.31. The zero-order chi connectivity index (χ0) is 12.6. The van der Waals surface area contributed by atoms with Crippen LogP contribution in [0, 0.1) is 6.92 Å². The molecule has 92 valence electrons. The fourth-order valence-corrected chi connectivity index (χ4v) is 3.74. The number of hydrogen-bond donors (Lipinski definition) is 1. The third-order valence-electron chi connectivity index (χ3n) is 2.74. The molecule has 2 aromatic heterocycles. The highest BCUT2D eigenvalue weighted by atomic mass is 32.1. The van der Waals surface area contributed by atoms with Gasteiger partial charge in [-0.3, -0.25) is 0 Å². The van der Waals surface area contributed by atoms with E-state index >= 15 is 0 Å². The summed E-state index contributed by atoms with van der Waals surface area (Å²) < 4.78 is 0. The van der Waals surface area contributed by atoms with Crippen LogP contribution in [0.4, 0.5) is 0 Å². The number of hydrogen-bond acceptors (Lipinski definition) is 3. The lowest BCUT2D eigenvalue weighted by Gasteiger charge is -2.15. The molecule has 2 N–H and O–H groups in total. The summed E-state index contributed by atoms with van der Waals surface area (Å²) in [6, 6.07) is 8.69. The number of rotatable bonds is 2. The molecule has 0 aromatic carbocycles. The third-order valence-corrected chi connectivity index (χ3v) is 5.42. The number of thiophene rings is 2. The van der Waals surface area contributed by atoms with E-state index in [2.05, 4.69) is 52.0 Å². The number of nitrogens with two attached hydrogens (primary N) is 1. The van der Waals surface area contributed by atoms with Gasteiger partial charge >= 0.3 is 0 Å².